The normalized spacial score (nSPS) is 12.2. The first kappa shape index (κ1) is 22.7. The fraction of sp³-hybridized carbons (Fsp3) is 0.304. The number of aliphatic imine (C=N–C) groups is 1. The third-order valence-corrected chi connectivity index (χ3v) is 7.45. The van der Waals surface area contributed by atoms with Crippen LogP contribution in [0.4, 0.5) is 5.69 Å². The zero-order valence-corrected chi connectivity index (χ0v) is 19.3. The molecule has 0 aliphatic carbocycles. The topological polar surface area (TPSA) is 87.5 Å². The molecular formula is C23H28N4O3S. The Bertz CT molecular complexity index is 1270. The Labute approximate surface area is 183 Å². The molecule has 0 unspecified atom stereocenters. The summed E-state index contributed by atoms with van der Waals surface area (Å²) in [5.41, 5.74) is 4.56. The second-order valence-corrected chi connectivity index (χ2v) is 9.34. The highest BCUT2D eigenvalue weighted by atomic mass is 32.2. The zero-order chi connectivity index (χ0) is 22.8. The van der Waals surface area contributed by atoms with Crippen LogP contribution in [-0.2, 0) is 10.0 Å². The van der Waals surface area contributed by atoms with Crippen LogP contribution in [0, 0.1) is 20.8 Å². The minimum atomic E-state index is -3.51. The van der Waals surface area contributed by atoms with Crippen molar-refractivity contribution in [2.45, 2.75) is 39.5 Å². The molecule has 0 amide bonds. The van der Waals surface area contributed by atoms with Crippen molar-refractivity contribution in [3.05, 3.63) is 75.2 Å². The predicted molar refractivity (Wildman–Crippen MR) is 124 cm³/mol. The van der Waals surface area contributed by atoms with Gasteiger partial charge in [0.25, 0.3) is 5.56 Å². The number of nitrogens with zero attached hydrogens (tertiary/aromatic N) is 3. The largest absolute Gasteiger partial charge is 0.295 e. The van der Waals surface area contributed by atoms with Crippen molar-refractivity contribution < 1.29 is 8.42 Å². The van der Waals surface area contributed by atoms with E-state index in [-0.39, 0.29) is 10.5 Å². The van der Waals surface area contributed by atoms with Crippen LogP contribution < -0.4 is 5.56 Å². The standard InChI is InChI=1S/C23H28N4O3S/c1-6-26(7-2)31(29,30)21-12-9-19(10-13-21)24-15-22-18(5)25-27(23(22)28)20-11-8-16(3)17(4)14-20/h8-15,25H,6-7H2,1-5H3. The highest BCUT2D eigenvalue weighted by Crippen LogP contribution is 2.20. The lowest BCUT2D eigenvalue weighted by Gasteiger charge is -2.18. The van der Waals surface area contributed by atoms with E-state index in [4.69, 9.17) is 0 Å². The van der Waals surface area contributed by atoms with Gasteiger partial charge in [0.15, 0.2) is 0 Å². The molecule has 0 aliphatic rings. The summed E-state index contributed by atoms with van der Waals surface area (Å²) in [6, 6.07) is 12.2. The van der Waals surface area contributed by atoms with Crippen LogP contribution in [0.5, 0.6) is 0 Å². The molecule has 0 saturated carbocycles. The summed E-state index contributed by atoms with van der Waals surface area (Å²) in [6.07, 6.45) is 1.51. The van der Waals surface area contributed by atoms with Crippen molar-refractivity contribution in [3.8, 4) is 5.69 Å². The molecule has 3 rings (SSSR count). The SMILES string of the molecule is CCN(CC)S(=O)(=O)c1ccc(N=Cc2c(C)[nH]n(-c3ccc(C)c(C)c3)c2=O)cc1. The Morgan fingerprint density at radius 3 is 2.23 bits per heavy atom. The van der Waals surface area contributed by atoms with E-state index in [1.54, 1.807) is 12.1 Å². The second-order valence-electron chi connectivity index (χ2n) is 7.40. The van der Waals surface area contributed by atoms with Crippen LogP contribution in [0.3, 0.4) is 0 Å². The number of aromatic nitrogens is 2. The summed E-state index contributed by atoms with van der Waals surface area (Å²) in [5, 5.41) is 3.09. The zero-order valence-electron chi connectivity index (χ0n) is 18.5. The fourth-order valence-electron chi connectivity index (χ4n) is 3.31. The highest BCUT2D eigenvalue weighted by Gasteiger charge is 2.21. The number of rotatable bonds is 7. The Hall–Kier alpha value is -2.97. The molecule has 7 nitrogen and oxygen atoms in total. The van der Waals surface area contributed by atoms with Crippen LogP contribution in [0.1, 0.15) is 36.2 Å². The molecule has 0 fully saturated rings. The van der Waals surface area contributed by atoms with E-state index < -0.39 is 10.0 Å². The molecule has 8 heteroatoms. The lowest BCUT2D eigenvalue weighted by Crippen LogP contribution is -2.30. The Morgan fingerprint density at radius 1 is 1.00 bits per heavy atom. The van der Waals surface area contributed by atoms with Crippen molar-refractivity contribution in [1.29, 1.82) is 0 Å². The number of aromatic amines is 1. The van der Waals surface area contributed by atoms with Crippen LogP contribution in [-0.4, -0.2) is 41.8 Å². The first-order valence-corrected chi connectivity index (χ1v) is 11.7. The molecule has 31 heavy (non-hydrogen) atoms. The van der Waals surface area contributed by atoms with Crippen LogP contribution in [0.25, 0.3) is 5.69 Å². The van der Waals surface area contributed by atoms with Gasteiger partial charge in [-0.05, 0) is 68.3 Å². The second kappa shape index (κ2) is 9.03. The lowest BCUT2D eigenvalue weighted by molar-refractivity contribution is 0.445. The van der Waals surface area contributed by atoms with E-state index in [0.717, 1.165) is 16.8 Å². The number of nitrogens with one attached hydrogen (secondary N) is 1. The number of sulfonamides is 1. The third kappa shape index (κ3) is 4.55. The van der Waals surface area contributed by atoms with Crippen LogP contribution in [0.15, 0.2) is 57.1 Å². The van der Waals surface area contributed by atoms with Gasteiger partial charge in [0, 0.05) is 25.0 Å². The number of benzene rings is 2. The molecule has 0 spiro atoms. The van der Waals surface area contributed by atoms with Crippen LogP contribution >= 0.6 is 0 Å². The van der Waals surface area contributed by atoms with Gasteiger partial charge < -0.3 is 0 Å². The number of aryl methyl sites for hydroxylation is 3. The van der Waals surface area contributed by atoms with E-state index in [2.05, 4.69) is 10.1 Å². The molecule has 0 atom stereocenters. The molecule has 0 saturated heterocycles. The summed E-state index contributed by atoms with van der Waals surface area (Å²) in [4.78, 5) is 17.5. The lowest BCUT2D eigenvalue weighted by atomic mass is 10.1. The molecule has 0 radical (unpaired) electrons. The van der Waals surface area contributed by atoms with E-state index in [1.807, 2.05) is 52.8 Å². The molecule has 1 N–H and O–H groups in total. The maximum atomic E-state index is 12.9. The van der Waals surface area contributed by atoms with Crippen molar-refractivity contribution in [3.63, 3.8) is 0 Å². The van der Waals surface area contributed by atoms with Gasteiger partial charge >= 0.3 is 0 Å². The van der Waals surface area contributed by atoms with Gasteiger partial charge in [-0.25, -0.2) is 13.1 Å². The van der Waals surface area contributed by atoms with Gasteiger partial charge in [0.2, 0.25) is 10.0 Å². The van der Waals surface area contributed by atoms with Gasteiger partial charge in [-0.15, -0.1) is 0 Å². The Morgan fingerprint density at radius 2 is 1.65 bits per heavy atom. The van der Waals surface area contributed by atoms with Gasteiger partial charge in [-0.3, -0.25) is 14.9 Å². The van der Waals surface area contributed by atoms with Gasteiger partial charge in [0.1, 0.15) is 0 Å². The monoisotopic (exact) mass is 440 g/mol. The quantitative estimate of drug-likeness (QED) is 0.566. The minimum absolute atomic E-state index is 0.190. The molecule has 1 aromatic heterocycles. The van der Waals surface area contributed by atoms with Crippen LogP contribution in [0.2, 0.25) is 0 Å². The molecular weight excluding hydrogens is 412 g/mol. The van der Waals surface area contributed by atoms with Crippen molar-refractivity contribution in [2.24, 2.45) is 4.99 Å². The van der Waals surface area contributed by atoms with Crippen molar-refractivity contribution >= 4 is 21.9 Å². The fourth-order valence-corrected chi connectivity index (χ4v) is 4.77. The average molecular weight is 441 g/mol. The highest BCUT2D eigenvalue weighted by molar-refractivity contribution is 7.89. The summed E-state index contributed by atoms with van der Waals surface area (Å²) in [7, 11) is -3.51. The van der Waals surface area contributed by atoms with Gasteiger partial charge in [-0.1, -0.05) is 19.9 Å². The maximum absolute atomic E-state index is 12.9. The summed E-state index contributed by atoms with van der Waals surface area (Å²) in [6.45, 7) is 10.3. The first-order valence-electron chi connectivity index (χ1n) is 10.2. The van der Waals surface area contributed by atoms with Gasteiger partial charge in [-0.2, -0.15) is 4.31 Å². The first-order chi connectivity index (χ1) is 14.7. The molecule has 3 aromatic rings. The van der Waals surface area contributed by atoms with E-state index in [9.17, 15) is 13.2 Å². The number of hydrogen-bond acceptors (Lipinski definition) is 4. The molecule has 0 aliphatic heterocycles. The summed E-state index contributed by atoms with van der Waals surface area (Å²) in [5.74, 6) is 0. The smallest absolute Gasteiger partial charge is 0.280 e. The Kier molecular flexibility index (Phi) is 6.62. The third-order valence-electron chi connectivity index (χ3n) is 5.39. The summed E-state index contributed by atoms with van der Waals surface area (Å²) < 4.78 is 28.1. The van der Waals surface area contributed by atoms with E-state index in [1.165, 1.54) is 27.3 Å². The molecule has 164 valence electrons. The summed E-state index contributed by atoms with van der Waals surface area (Å²) >= 11 is 0. The van der Waals surface area contributed by atoms with E-state index in [0.29, 0.717) is 30.0 Å². The Balaban J connectivity index is 1.88. The van der Waals surface area contributed by atoms with Gasteiger partial charge in [0.05, 0.1) is 21.8 Å². The predicted octanol–water partition coefficient (Wildman–Crippen LogP) is 3.87. The maximum Gasteiger partial charge on any atom is 0.280 e. The number of H-pyrrole nitrogens is 1. The number of hydrogen-bond donors (Lipinski definition) is 1. The van der Waals surface area contributed by atoms with Crippen molar-refractivity contribution in [2.75, 3.05) is 13.1 Å². The molecule has 0 bridgehead atoms. The minimum Gasteiger partial charge on any atom is -0.295 e. The molecule has 2 aromatic carbocycles. The van der Waals surface area contributed by atoms with E-state index >= 15 is 0 Å². The van der Waals surface area contributed by atoms with Crippen molar-refractivity contribution in [1.82, 2.24) is 14.1 Å². The average Bonchev–Trinajstić information content (AvgIpc) is 3.03. The molecule has 1 heterocycles.